The van der Waals surface area contributed by atoms with Crippen molar-refractivity contribution in [1.82, 2.24) is 4.90 Å². The summed E-state index contributed by atoms with van der Waals surface area (Å²) in [6, 6.07) is 8.25. The van der Waals surface area contributed by atoms with Crippen molar-refractivity contribution < 1.29 is 9.57 Å². The Hall–Kier alpha value is -1.81. The quantitative estimate of drug-likeness (QED) is 0.315. The number of likely N-dealkylation sites (tertiary alicyclic amines) is 1. The first kappa shape index (κ1) is 22.9. The van der Waals surface area contributed by atoms with Crippen LogP contribution in [0, 0.1) is 5.92 Å². The maximum atomic E-state index is 5.89. The Morgan fingerprint density at radius 2 is 1.93 bits per heavy atom. The lowest BCUT2D eigenvalue weighted by Gasteiger charge is -2.26. The monoisotopic (exact) mass is 412 g/mol. The second-order valence-electron chi connectivity index (χ2n) is 8.71. The molecule has 0 aromatic heterocycles. The molecule has 0 spiro atoms. The Morgan fingerprint density at radius 1 is 1.10 bits per heavy atom. The molecule has 0 amide bonds. The Morgan fingerprint density at radius 3 is 2.73 bits per heavy atom. The summed E-state index contributed by atoms with van der Waals surface area (Å²) in [4.78, 5) is 8.37. The van der Waals surface area contributed by atoms with Crippen LogP contribution in [0.1, 0.15) is 76.7 Å². The molecule has 30 heavy (non-hydrogen) atoms. The van der Waals surface area contributed by atoms with E-state index in [0.717, 1.165) is 24.3 Å². The van der Waals surface area contributed by atoms with Crippen molar-refractivity contribution in [3.63, 3.8) is 0 Å². The van der Waals surface area contributed by atoms with Crippen molar-refractivity contribution in [3.8, 4) is 5.75 Å². The number of hydrogen-bond donors (Lipinski definition) is 0. The van der Waals surface area contributed by atoms with Crippen LogP contribution in [0.3, 0.4) is 0 Å². The van der Waals surface area contributed by atoms with Crippen molar-refractivity contribution in [3.05, 3.63) is 35.4 Å². The van der Waals surface area contributed by atoms with Gasteiger partial charge in [-0.3, -0.25) is 4.90 Å². The van der Waals surface area contributed by atoms with Crippen LogP contribution in [0.25, 0.3) is 6.08 Å². The van der Waals surface area contributed by atoms with E-state index in [0.29, 0.717) is 12.5 Å². The number of ether oxygens (including phenoxy) is 1. The van der Waals surface area contributed by atoms with Gasteiger partial charge in [0.05, 0.1) is 12.8 Å². The van der Waals surface area contributed by atoms with Gasteiger partial charge in [-0.25, -0.2) is 0 Å². The highest BCUT2D eigenvalue weighted by Gasteiger charge is 2.25. The average molecular weight is 413 g/mol. The van der Waals surface area contributed by atoms with Crippen molar-refractivity contribution in [2.24, 2.45) is 11.1 Å². The van der Waals surface area contributed by atoms with Crippen LogP contribution >= 0.6 is 0 Å². The summed E-state index contributed by atoms with van der Waals surface area (Å²) in [5.74, 6) is 1.44. The van der Waals surface area contributed by atoms with Crippen molar-refractivity contribution >= 4 is 11.8 Å². The second-order valence-corrected chi connectivity index (χ2v) is 8.71. The zero-order valence-corrected chi connectivity index (χ0v) is 19.1. The van der Waals surface area contributed by atoms with Crippen LogP contribution in [-0.2, 0) is 4.84 Å². The number of allylic oxidation sites excluding steroid dienone is 1. The smallest absolute Gasteiger partial charge is 0.129 e. The first-order valence-corrected chi connectivity index (χ1v) is 12.1. The number of rotatable bonds is 11. The van der Waals surface area contributed by atoms with Crippen LogP contribution in [-0.4, -0.2) is 44.0 Å². The fourth-order valence-electron chi connectivity index (χ4n) is 4.71. The molecule has 3 rings (SSSR count). The normalized spacial score (nSPS) is 22.7. The molecule has 0 radical (unpaired) electrons. The van der Waals surface area contributed by atoms with E-state index in [1.165, 1.54) is 82.2 Å². The highest BCUT2D eigenvalue weighted by molar-refractivity contribution is 6.05. The molecule has 4 nitrogen and oxygen atoms in total. The molecule has 0 N–H and O–H groups in total. The zero-order valence-electron chi connectivity index (χ0n) is 19.1. The largest absolute Gasteiger partial charge is 0.496 e. The lowest BCUT2D eigenvalue weighted by molar-refractivity contribution is 0.117. The van der Waals surface area contributed by atoms with Crippen LogP contribution in [0.2, 0.25) is 0 Å². The molecular weight excluding hydrogens is 372 g/mol. The summed E-state index contributed by atoms with van der Waals surface area (Å²) in [6.45, 7) is 6.37. The molecule has 166 valence electrons. The lowest BCUT2D eigenvalue weighted by atomic mass is 9.80. The van der Waals surface area contributed by atoms with Gasteiger partial charge in [-0.1, -0.05) is 56.0 Å². The average Bonchev–Trinajstić information content (AvgIpc) is 3.29. The number of hydrogen-bond acceptors (Lipinski definition) is 4. The van der Waals surface area contributed by atoms with E-state index >= 15 is 0 Å². The Bertz CT molecular complexity index is 692. The van der Waals surface area contributed by atoms with Crippen molar-refractivity contribution in [2.75, 3.05) is 33.4 Å². The van der Waals surface area contributed by atoms with E-state index in [1.54, 1.807) is 7.11 Å². The van der Waals surface area contributed by atoms with Crippen LogP contribution < -0.4 is 4.74 Å². The number of nitrogens with zero attached hydrogens (tertiary/aromatic N) is 2. The molecule has 1 aliphatic carbocycles. The maximum Gasteiger partial charge on any atom is 0.129 e. The highest BCUT2D eigenvalue weighted by atomic mass is 16.6. The van der Waals surface area contributed by atoms with Crippen LogP contribution in [0.4, 0.5) is 0 Å². The van der Waals surface area contributed by atoms with Gasteiger partial charge in [0.15, 0.2) is 0 Å². The van der Waals surface area contributed by atoms with E-state index in [-0.39, 0.29) is 0 Å². The van der Waals surface area contributed by atoms with Gasteiger partial charge >= 0.3 is 0 Å². The van der Waals surface area contributed by atoms with E-state index in [1.807, 2.05) is 12.1 Å². The standard InChI is InChI=1S/C26H40N2O2/c1-3-4-5-6-12-22-14-11-15-24(21-23-13-7-8-16-25(23)29-2)26(22)27-30-20-19-28-17-9-10-18-28/h7-8,13,16,21-22H,3-6,9-12,14-15,17-20H2,1-2H3/t22-/m0/s1. The van der Waals surface area contributed by atoms with Gasteiger partial charge in [0.1, 0.15) is 12.4 Å². The van der Waals surface area contributed by atoms with Crippen LogP contribution in [0.5, 0.6) is 5.75 Å². The fraction of sp³-hybridized carbons (Fsp3) is 0.654. The fourth-order valence-corrected chi connectivity index (χ4v) is 4.71. The minimum Gasteiger partial charge on any atom is -0.496 e. The number of oxime groups is 1. The first-order valence-electron chi connectivity index (χ1n) is 12.1. The van der Waals surface area contributed by atoms with Gasteiger partial charge in [0.25, 0.3) is 0 Å². The van der Waals surface area contributed by atoms with Gasteiger partial charge in [0, 0.05) is 18.0 Å². The molecule has 1 saturated heterocycles. The molecule has 4 heteroatoms. The molecule has 1 atom stereocenters. The molecule has 2 aliphatic rings. The van der Waals surface area contributed by atoms with Crippen LogP contribution in [0.15, 0.2) is 35.0 Å². The van der Waals surface area contributed by atoms with Gasteiger partial charge < -0.3 is 9.57 Å². The molecule has 1 aromatic rings. The molecule has 1 aliphatic heterocycles. The number of para-hydroxylation sites is 1. The van der Waals surface area contributed by atoms with Gasteiger partial charge in [0.2, 0.25) is 0 Å². The van der Waals surface area contributed by atoms with Gasteiger partial charge in [-0.05, 0) is 69.3 Å². The Labute approximate surface area is 183 Å². The van der Waals surface area contributed by atoms with Crippen molar-refractivity contribution in [2.45, 2.75) is 71.1 Å². The lowest BCUT2D eigenvalue weighted by Crippen LogP contribution is -2.25. The van der Waals surface area contributed by atoms with E-state index in [9.17, 15) is 0 Å². The summed E-state index contributed by atoms with van der Waals surface area (Å²) < 4.78 is 5.58. The summed E-state index contributed by atoms with van der Waals surface area (Å²) >= 11 is 0. The molecule has 0 unspecified atom stereocenters. The molecule has 2 fully saturated rings. The first-order chi connectivity index (χ1) is 14.8. The van der Waals surface area contributed by atoms with E-state index in [4.69, 9.17) is 14.7 Å². The topological polar surface area (TPSA) is 34.1 Å². The molecule has 1 heterocycles. The number of benzene rings is 1. The highest BCUT2D eigenvalue weighted by Crippen LogP contribution is 2.33. The summed E-state index contributed by atoms with van der Waals surface area (Å²) in [5, 5.41) is 4.74. The van der Waals surface area contributed by atoms with E-state index in [2.05, 4.69) is 30.0 Å². The maximum absolute atomic E-state index is 5.89. The number of unbranched alkanes of at least 4 members (excludes halogenated alkanes) is 3. The third-order valence-electron chi connectivity index (χ3n) is 6.45. The Kier molecular flexibility index (Phi) is 9.75. The second kappa shape index (κ2) is 12.8. The predicted molar refractivity (Wildman–Crippen MR) is 126 cm³/mol. The SMILES string of the molecule is CCCCCC[C@H]1CCCC(=Cc2ccccc2OC)C1=NOCCN1CCCC1. The third kappa shape index (κ3) is 6.87. The summed E-state index contributed by atoms with van der Waals surface area (Å²) in [7, 11) is 1.74. The van der Waals surface area contributed by atoms with E-state index < -0.39 is 0 Å². The van der Waals surface area contributed by atoms with Crippen molar-refractivity contribution in [1.29, 1.82) is 0 Å². The predicted octanol–water partition coefficient (Wildman–Crippen LogP) is 6.32. The summed E-state index contributed by atoms with van der Waals surface area (Å²) in [6.07, 6.45) is 14.9. The third-order valence-corrected chi connectivity index (χ3v) is 6.45. The van der Waals surface area contributed by atoms with Gasteiger partial charge in [-0.15, -0.1) is 0 Å². The minimum atomic E-state index is 0.517. The Balaban J connectivity index is 1.71. The molecule has 1 saturated carbocycles. The summed E-state index contributed by atoms with van der Waals surface area (Å²) in [5.41, 5.74) is 3.64. The minimum absolute atomic E-state index is 0.517. The molecular formula is C26H40N2O2. The number of methoxy groups -OCH3 is 1. The molecule has 0 bridgehead atoms. The van der Waals surface area contributed by atoms with Gasteiger partial charge in [-0.2, -0.15) is 0 Å². The molecule has 1 aromatic carbocycles. The zero-order chi connectivity index (χ0) is 21.0.